The van der Waals surface area contributed by atoms with Gasteiger partial charge in [-0.25, -0.2) is 13.8 Å². The molecule has 0 aliphatic rings. The first kappa shape index (κ1) is 13.3. The maximum atomic E-state index is 12.4. The second-order valence-corrected chi connectivity index (χ2v) is 3.03. The van der Waals surface area contributed by atoms with Crippen LogP contribution in [0.2, 0.25) is 0 Å². The Morgan fingerprint density at radius 3 is 2.35 bits per heavy atom. The molecule has 92 valence electrons. The fourth-order valence-corrected chi connectivity index (χ4v) is 1.21. The highest BCUT2D eigenvalue weighted by Crippen LogP contribution is 2.36. The number of halogens is 5. The fourth-order valence-electron chi connectivity index (χ4n) is 1.21. The predicted molar refractivity (Wildman–Crippen MR) is 46.8 cm³/mol. The highest BCUT2D eigenvalue weighted by atomic mass is 19.4. The summed E-state index contributed by atoms with van der Waals surface area (Å²) in [6.07, 6.45) is -8.37. The van der Waals surface area contributed by atoms with Crippen LogP contribution in [-0.4, -0.2) is 4.98 Å². The van der Waals surface area contributed by atoms with Crippen molar-refractivity contribution in [1.29, 1.82) is 5.26 Å². The molecular formula is C9H6F5N3. The molecule has 0 spiro atoms. The summed E-state index contributed by atoms with van der Waals surface area (Å²) in [5, 5.41) is 8.57. The highest BCUT2D eigenvalue weighted by Gasteiger charge is 2.37. The summed E-state index contributed by atoms with van der Waals surface area (Å²) >= 11 is 0. The van der Waals surface area contributed by atoms with E-state index in [0.29, 0.717) is 6.07 Å². The van der Waals surface area contributed by atoms with E-state index in [2.05, 4.69) is 4.98 Å². The quantitative estimate of drug-likeness (QED) is 0.820. The zero-order chi connectivity index (χ0) is 13.2. The molecule has 17 heavy (non-hydrogen) atoms. The Hall–Kier alpha value is -1.75. The molecule has 0 radical (unpaired) electrons. The van der Waals surface area contributed by atoms with Crippen molar-refractivity contribution in [3.63, 3.8) is 0 Å². The molecule has 0 saturated heterocycles. The maximum Gasteiger partial charge on any atom is 0.418 e. The van der Waals surface area contributed by atoms with Gasteiger partial charge in [-0.15, -0.1) is 0 Å². The Morgan fingerprint density at radius 2 is 2.00 bits per heavy atom. The number of hydrogen-bond acceptors (Lipinski definition) is 3. The number of hydrogen-bond donors (Lipinski definition) is 1. The minimum Gasteiger partial charge on any atom is -0.325 e. The number of alkyl halides is 5. The molecule has 1 aromatic heterocycles. The molecule has 0 amide bonds. The van der Waals surface area contributed by atoms with E-state index in [1.807, 2.05) is 0 Å². The largest absolute Gasteiger partial charge is 0.418 e. The van der Waals surface area contributed by atoms with Gasteiger partial charge in [-0.3, -0.25) is 0 Å². The maximum absolute atomic E-state index is 12.4. The van der Waals surface area contributed by atoms with Crippen molar-refractivity contribution < 1.29 is 22.0 Å². The van der Waals surface area contributed by atoms with Crippen LogP contribution in [0, 0.1) is 11.3 Å². The number of nitrogens with zero attached hydrogens (tertiary/aromatic N) is 2. The number of pyridine rings is 1. The van der Waals surface area contributed by atoms with Crippen LogP contribution < -0.4 is 5.73 Å². The third-order valence-electron chi connectivity index (χ3n) is 1.96. The van der Waals surface area contributed by atoms with E-state index in [4.69, 9.17) is 11.0 Å². The Morgan fingerprint density at radius 1 is 1.41 bits per heavy atom. The van der Waals surface area contributed by atoms with Gasteiger partial charge in [-0.2, -0.15) is 18.4 Å². The Balaban J connectivity index is 3.53. The molecule has 1 heterocycles. The van der Waals surface area contributed by atoms with Crippen LogP contribution in [0.3, 0.4) is 0 Å². The fraction of sp³-hybridized carbons (Fsp3) is 0.333. The van der Waals surface area contributed by atoms with Gasteiger partial charge in [-0.05, 0) is 6.07 Å². The number of aromatic nitrogens is 1. The van der Waals surface area contributed by atoms with Gasteiger partial charge in [-0.1, -0.05) is 0 Å². The van der Waals surface area contributed by atoms with Crippen molar-refractivity contribution in [2.75, 3.05) is 0 Å². The Bertz CT molecular complexity index is 461. The van der Waals surface area contributed by atoms with Gasteiger partial charge < -0.3 is 5.73 Å². The highest BCUT2D eigenvalue weighted by molar-refractivity contribution is 5.40. The lowest BCUT2D eigenvalue weighted by molar-refractivity contribution is -0.140. The lowest BCUT2D eigenvalue weighted by Gasteiger charge is -2.13. The first-order valence-electron chi connectivity index (χ1n) is 4.30. The smallest absolute Gasteiger partial charge is 0.325 e. The molecule has 8 heteroatoms. The Labute approximate surface area is 92.7 Å². The summed E-state index contributed by atoms with van der Waals surface area (Å²) in [4.78, 5) is 3.11. The third-order valence-corrected chi connectivity index (χ3v) is 1.96. The van der Waals surface area contributed by atoms with Crippen molar-refractivity contribution in [3.05, 3.63) is 28.6 Å². The topological polar surface area (TPSA) is 62.7 Å². The molecule has 0 aromatic carbocycles. The van der Waals surface area contributed by atoms with E-state index in [0.717, 1.165) is 0 Å². The average molecular weight is 251 g/mol. The van der Waals surface area contributed by atoms with Gasteiger partial charge in [0.15, 0.2) is 0 Å². The Kier molecular flexibility index (Phi) is 3.63. The molecule has 0 aliphatic heterocycles. The number of nitrogens with two attached hydrogens (primary N) is 1. The van der Waals surface area contributed by atoms with Crippen LogP contribution in [0.4, 0.5) is 22.0 Å². The minimum absolute atomic E-state index is 0.282. The molecule has 2 N–H and O–H groups in total. The van der Waals surface area contributed by atoms with Gasteiger partial charge in [0.05, 0.1) is 16.8 Å². The number of rotatable bonds is 2. The zero-order valence-corrected chi connectivity index (χ0v) is 8.22. The van der Waals surface area contributed by atoms with Gasteiger partial charge in [0, 0.05) is 6.54 Å². The first-order valence-corrected chi connectivity index (χ1v) is 4.30. The minimum atomic E-state index is -4.99. The molecular weight excluding hydrogens is 245 g/mol. The third kappa shape index (κ3) is 2.68. The van der Waals surface area contributed by atoms with E-state index in [9.17, 15) is 22.0 Å². The van der Waals surface area contributed by atoms with Gasteiger partial charge in [0.2, 0.25) is 0 Å². The van der Waals surface area contributed by atoms with Gasteiger partial charge in [0.25, 0.3) is 6.43 Å². The monoisotopic (exact) mass is 251 g/mol. The molecule has 0 fully saturated rings. The predicted octanol–water partition coefficient (Wildman–Crippen LogP) is 2.37. The van der Waals surface area contributed by atoms with Crippen LogP contribution in [0.15, 0.2) is 6.07 Å². The molecule has 0 aliphatic carbocycles. The molecule has 1 rings (SSSR count). The van der Waals surface area contributed by atoms with Crippen LogP contribution in [-0.2, 0) is 12.7 Å². The van der Waals surface area contributed by atoms with Crippen LogP contribution in [0.5, 0.6) is 0 Å². The van der Waals surface area contributed by atoms with E-state index in [-0.39, 0.29) is 12.2 Å². The molecule has 0 unspecified atom stereocenters. The van der Waals surface area contributed by atoms with Crippen molar-refractivity contribution in [3.8, 4) is 6.07 Å². The van der Waals surface area contributed by atoms with Gasteiger partial charge in [0.1, 0.15) is 11.8 Å². The van der Waals surface area contributed by atoms with Crippen molar-refractivity contribution in [2.24, 2.45) is 5.73 Å². The van der Waals surface area contributed by atoms with Crippen LogP contribution >= 0.6 is 0 Å². The molecule has 1 aromatic rings. The standard InChI is InChI=1S/C9H6F5N3/c10-8(11)7-5(9(12,13)14)1-4(2-15)6(3-16)17-7/h1,8H,3,16H2. The molecule has 3 nitrogen and oxygen atoms in total. The molecule has 0 atom stereocenters. The molecule has 0 saturated carbocycles. The second-order valence-electron chi connectivity index (χ2n) is 3.03. The van der Waals surface area contributed by atoms with E-state index in [1.165, 1.54) is 6.07 Å². The van der Waals surface area contributed by atoms with Gasteiger partial charge >= 0.3 is 6.18 Å². The number of nitriles is 1. The average Bonchev–Trinajstić information content (AvgIpc) is 2.25. The van der Waals surface area contributed by atoms with E-state index >= 15 is 0 Å². The summed E-state index contributed by atoms with van der Waals surface area (Å²) in [6, 6.07) is 1.78. The van der Waals surface area contributed by atoms with E-state index in [1.54, 1.807) is 0 Å². The summed E-state index contributed by atoms with van der Waals surface area (Å²) in [6.45, 7) is -0.388. The summed E-state index contributed by atoms with van der Waals surface area (Å²) in [5.74, 6) is 0. The zero-order valence-electron chi connectivity index (χ0n) is 8.22. The van der Waals surface area contributed by atoms with Crippen LogP contribution in [0.1, 0.15) is 28.9 Å². The van der Waals surface area contributed by atoms with Crippen LogP contribution in [0.25, 0.3) is 0 Å². The SMILES string of the molecule is N#Cc1cc(C(F)(F)F)c(C(F)F)nc1CN. The van der Waals surface area contributed by atoms with Crippen molar-refractivity contribution in [2.45, 2.75) is 19.1 Å². The lowest BCUT2D eigenvalue weighted by atomic mass is 10.1. The second kappa shape index (κ2) is 4.63. The first-order chi connectivity index (χ1) is 7.81. The summed E-state index contributed by atoms with van der Waals surface area (Å²) < 4.78 is 62.2. The molecule has 0 bridgehead atoms. The normalized spacial score (nSPS) is 11.6. The van der Waals surface area contributed by atoms with E-state index < -0.39 is 29.4 Å². The summed E-state index contributed by atoms with van der Waals surface area (Å²) in [7, 11) is 0. The van der Waals surface area contributed by atoms with Crippen molar-refractivity contribution in [1.82, 2.24) is 4.98 Å². The van der Waals surface area contributed by atoms with Crippen molar-refractivity contribution >= 4 is 0 Å². The summed E-state index contributed by atoms with van der Waals surface area (Å²) in [5.41, 5.74) is 1.36. The lowest BCUT2D eigenvalue weighted by Crippen LogP contribution is -2.15.